The summed E-state index contributed by atoms with van der Waals surface area (Å²) in [5.41, 5.74) is 4.85. The molecule has 2 fully saturated rings. The summed E-state index contributed by atoms with van der Waals surface area (Å²) in [5.74, 6) is -0.00256. The number of benzene rings is 2. The molecule has 0 aromatic heterocycles. The van der Waals surface area contributed by atoms with E-state index in [0.717, 1.165) is 18.7 Å². The highest BCUT2D eigenvalue weighted by Gasteiger charge is 2.42. The molecule has 2 aliphatic rings. The summed E-state index contributed by atoms with van der Waals surface area (Å²) in [6.45, 7) is 10.8. The molecule has 2 heterocycles. The molecule has 2 unspecified atom stereocenters. The molecular formula is C26H34N4O2. The van der Waals surface area contributed by atoms with Crippen molar-refractivity contribution < 1.29 is 9.59 Å². The summed E-state index contributed by atoms with van der Waals surface area (Å²) in [4.78, 5) is 32.3. The second-order valence-corrected chi connectivity index (χ2v) is 8.96. The van der Waals surface area contributed by atoms with Crippen molar-refractivity contribution in [2.45, 2.75) is 26.7 Å². The lowest BCUT2D eigenvalue weighted by Crippen LogP contribution is -2.51. The topological polar surface area (TPSA) is 55.9 Å². The van der Waals surface area contributed by atoms with Gasteiger partial charge in [0.15, 0.2) is 0 Å². The van der Waals surface area contributed by atoms with E-state index in [2.05, 4.69) is 72.6 Å². The van der Waals surface area contributed by atoms with Crippen LogP contribution in [0.2, 0.25) is 0 Å². The van der Waals surface area contributed by atoms with Crippen LogP contribution in [0.15, 0.2) is 48.5 Å². The summed E-state index contributed by atoms with van der Waals surface area (Å²) in [6, 6.07) is 16.7. The highest BCUT2D eigenvalue weighted by Crippen LogP contribution is 2.34. The van der Waals surface area contributed by atoms with Crippen molar-refractivity contribution in [3.8, 4) is 0 Å². The number of anilines is 1. The number of carbonyl (C=O) groups is 2. The van der Waals surface area contributed by atoms with E-state index in [4.69, 9.17) is 0 Å². The molecule has 170 valence electrons. The Bertz CT molecular complexity index is 951. The van der Waals surface area contributed by atoms with Gasteiger partial charge in [-0.05, 0) is 38.0 Å². The Morgan fingerprint density at radius 1 is 0.906 bits per heavy atom. The van der Waals surface area contributed by atoms with Crippen LogP contribution in [0, 0.1) is 19.8 Å². The number of piperazine rings is 1. The molecule has 6 nitrogen and oxygen atoms in total. The predicted molar refractivity (Wildman–Crippen MR) is 128 cm³/mol. The Balaban J connectivity index is 1.48. The monoisotopic (exact) mass is 434 g/mol. The molecule has 2 aliphatic heterocycles. The minimum atomic E-state index is -0.203. The number of nitrogens with one attached hydrogen (secondary N) is 1. The number of hydrogen-bond donors (Lipinski definition) is 1. The van der Waals surface area contributed by atoms with Crippen molar-refractivity contribution in [3.05, 3.63) is 65.2 Å². The standard InChI is InChI=1S/C26H34N4O2/c1-4-27-26(32)30-17-22(21-11-9-19(2)10-12-21)23(18-30)25(31)29-15-13-28(14-16-29)24-8-6-5-7-20(24)3/h5-12,22-23H,4,13-18H2,1-3H3,(H,27,32). The molecule has 0 spiro atoms. The third-order valence-corrected chi connectivity index (χ3v) is 6.81. The van der Waals surface area contributed by atoms with Gasteiger partial charge in [0.1, 0.15) is 0 Å². The van der Waals surface area contributed by atoms with Crippen molar-refractivity contribution in [1.29, 1.82) is 0 Å². The molecular weight excluding hydrogens is 400 g/mol. The maximum absolute atomic E-state index is 13.6. The van der Waals surface area contributed by atoms with Crippen LogP contribution in [0.5, 0.6) is 0 Å². The van der Waals surface area contributed by atoms with E-state index in [0.29, 0.717) is 32.7 Å². The molecule has 2 atom stereocenters. The Labute approximate surface area is 191 Å². The lowest BCUT2D eigenvalue weighted by Gasteiger charge is -2.38. The molecule has 0 aliphatic carbocycles. The molecule has 2 aromatic rings. The van der Waals surface area contributed by atoms with Crippen LogP contribution < -0.4 is 10.2 Å². The van der Waals surface area contributed by atoms with Crippen LogP contribution in [0.4, 0.5) is 10.5 Å². The minimum absolute atomic E-state index is 0.0279. The molecule has 2 aromatic carbocycles. The van der Waals surface area contributed by atoms with Gasteiger partial charge in [0, 0.05) is 57.4 Å². The van der Waals surface area contributed by atoms with Gasteiger partial charge in [0.2, 0.25) is 5.91 Å². The van der Waals surface area contributed by atoms with Crippen molar-refractivity contribution in [2.24, 2.45) is 5.92 Å². The highest BCUT2D eigenvalue weighted by molar-refractivity contribution is 5.83. The predicted octanol–water partition coefficient (Wildman–Crippen LogP) is 3.40. The first-order valence-corrected chi connectivity index (χ1v) is 11.7. The summed E-state index contributed by atoms with van der Waals surface area (Å²) in [6.07, 6.45) is 0. The van der Waals surface area contributed by atoms with Gasteiger partial charge >= 0.3 is 6.03 Å². The van der Waals surface area contributed by atoms with Crippen LogP contribution in [0.3, 0.4) is 0 Å². The number of aryl methyl sites for hydroxylation is 2. The van der Waals surface area contributed by atoms with Gasteiger partial charge in [-0.25, -0.2) is 4.79 Å². The van der Waals surface area contributed by atoms with Crippen LogP contribution in [-0.2, 0) is 4.79 Å². The van der Waals surface area contributed by atoms with E-state index in [9.17, 15) is 9.59 Å². The largest absolute Gasteiger partial charge is 0.368 e. The number of nitrogens with zero attached hydrogens (tertiary/aromatic N) is 3. The molecule has 6 heteroatoms. The first-order chi connectivity index (χ1) is 15.5. The number of carbonyl (C=O) groups excluding carboxylic acids is 2. The fourth-order valence-electron chi connectivity index (χ4n) is 4.95. The number of rotatable bonds is 4. The third kappa shape index (κ3) is 4.59. The average molecular weight is 435 g/mol. The zero-order chi connectivity index (χ0) is 22.7. The number of urea groups is 1. The summed E-state index contributed by atoms with van der Waals surface area (Å²) >= 11 is 0. The van der Waals surface area contributed by atoms with Gasteiger partial charge in [-0.15, -0.1) is 0 Å². The molecule has 0 bridgehead atoms. The Morgan fingerprint density at radius 2 is 1.59 bits per heavy atom. The average Bonchev–Trinajstić information content (AvgIpc) is 3.25. The summed E-state index contributed by atoms with van der Waals surface area (Å²) in [5, 5.41) is 2.89. The molecule has 2 saturated heterocycles. The maximum Gasteiger partial charge on any atom is 0.317 e. The van der Waals surface area contributed by atoms with E-state index < -0.39 is 0 Å². The lowest BCUT2D eigenvalue weighted by atomic mass is 9.87. The van der Waals surface area contributed by atoms with Crippen molar-refractivity contribution in [2.75, 3.05) is 50.7 Å². The molecule has 4 rings (SSSR count). The fraction of sp³-hybridized carbons (Fsp3) is 0.462. The SMILES string of the molecule is CCNC(=O)N1CC(C(=O)N2CCN(c3ccccc3C)CC2)C(c2ccc(C)cc2)C1. The fourth-order valence-corrected chi connectivity index (χ4v) is 4.95. The first kappa shape index (κ1) is 22.2. The summed E-state index contributed by atoms with van der Waals surface area (Å²) in [7, 11) is 0. The Kier molecular flexibility index (Phi) is 6.68. The minimum Gasteiger partial charge on any atom is -0.368 e. The summed E-state index contributed by atoms with van der Waals surface area (Å²) < 4.78 is 0. The second kappa shape index (κ2) is 9.63. The number of para-hydroxylation sites is 1. The van der Waals surface area contributed by atoms with Crippen LogP contribution >= 0.6 is 0 Å². The van der Waals surface area contributed by atoms with Crippen LogP contribution in [-0.4, -0.2) is 67.6 Å². The lowest BCUT2D eigenvalue weighted by molar-refractivity contribution is -0.135. The number of hydrogen-bond acceptors (Lipinski definition) is 3. The zero-order valence-corrected chi connectivity index (χ0v) is 19.4. The molecule has 0 saturated carbocycles. The second-order valence-electron chi connectivity index (χ2n) is 8.96. The van der Waals surface area contributed by atoms with Crippen molar-refractivity contribution in [1.82, 2.24) is 15.1 Å². The molecule has 3 amide bonds. The van der Waals surface area contributed by atoms with E-state index >= 15 is 0 Å². The number of amides is 3. The third-order valence-electron chi connectivity index (χ3n) is 6.81. The number of likely N-dealkylation sites (tertiary alicyclic amines) is 1. The Morgan fingerprint density at radius 3 is 2.25 bits per heavy atom. The zero-order valence-electron chi connectivity index (χ0n) is 19.4. The smallest absolute Gasteiger partial charge is 0.317 e. The van der Waals surface area contributed by atoms with Crippen molar-refractivity contribution in [3.63, 3.8) is 0 Å². The highest BCUT2D eigenvalue weighted by atomic mass is 16.2. The Hall–Kier alpha value is -3.02. The van der Waals surface area contributed by atoms with Gasteiger partial charge in [0.05, 0.1) is 5.92 Å². The normalized spacial score (nSPS) is 21.0. The van der Waals surface area contributed by atoms with E-state index in [-0.39, 0.29) is 23.8 Å². The van der Waals surface area contributed by atoms with E-state index in [1.807, 2.05) is 11.8 Å². The molecule has 32 heavy (non-hydrogen) atoms. The quantitative estimate of drug-likeness (QED) is 0.803. The van der Waals surface area contributed by atoms with Crippen LogP contribution in [0.25, 0.3) is 0 Å². The van der Waals surface area contributed by atoms with Crippen molar-refractivity contribution >= 4 is 17.6 Å². The molecule has 1 N–H and O–H groups in total. The molecule has 0 radical (unpaired) electrons. The van der Waals surface area contributed by atoms with Gasteiger partial charge in [0.25, 0.3) is 0 Å². The van der Waals surface area contributed by atoms with Gasteiger partial charge in [-0.2, -0.15) is 0 Å². The van der Waals surface area contributed by atoms with Crippen LogP contribution in [0.1, 0.15) is 29.5 Å². The van der Waals surface area contributed by atoms with E-state index in [1.54, 1.807) is 4.90 Å². The van der Waals surface area contributed by atoms with E-state index in [1.165, 1.54) is 16.8 Å². The first-order valence-electron chi connectivity index (χ1n) is 11.7. The van der Waals surface area contributed by atoms with Gasteiger partial charge < -0.3 is 20.0 Å². The van der Waals surface area contributed by atoms with Gasteiger partial charge in [-0.1, -0.05) is 48.0 Å². The maximum atomic E-state index is 13.6. The van der Waals surface area contributed by atoms with Gasteiger partial charge in [-0.3, -0.25) is 4.79 Å².